The van der Waals surface area contributed by atoms with Gasteiger partial charge >= 0.3 is 0 Å². The van der Waals surface area contributed by atoms with Crippen LogP contribution in [0.5, 0.6) is 0 Å². The van der Waals surface area contributed by atoms with E-state index >= 15 is 0 Å². The van der Waals surface area contributed by atoms with Crippen molar-refractivity contribution in [3.63, 3.8) is 0 Å². The standard InChI is InChI=1S/C9H15NS/c1-4-8-6-10-9(11-8)5-7(2)3/h6-7H,4-5H2,1-3H3. The average Bonchev–Trinajstić information content (AvgIpc) is 2.34. The molecule has 1 aromatic rings. The molecule has 0 aliphatic rings. The Bertz CT molecular complexity index is 215. The molecule has 1 aromatic heterocycles. The van der Waals surface area contributed by atoms with Gasteiger partial charge in [-0.05, 0) is 12.3 Å². The summed E-state index contributed by atoms with van der Waals surface area (Å²) < 4.78 is 0. The summed E-state index contributed by atoms with van der Waals surface area (Å²) in [5.74, 6) is 0.728. The van der Waals surface area contributed by atoms with Crippen LogP contribution in [0.15, 0.2) is 6.20 Å². The van der Waals surface area contributed by atoms with Gasteiger partial charge in [0.2, 0.25) is 0 Å². The first kappa shape index (κ1) is 8.72. The number of hydrogen-bond donors (Lipinski definition) is 0. The number of aryl methyl sites for hydroxylation is 1. The molecule has 0 radical (unpaired) electrons. The summed E-state index contributed by atoms with van der Waals surface area (Å²) >= 11 is 1.85. The molecule has 0 saturated heterocycles. The van der Waals surface area contributed by atoms with Gasteiger partial charge in [0.15, 0.2) is 0 Å². The summed E-state index contributed by atoms with van der Waals surface area (Å²) in [6.45, 7) is 6.63. The van der Waals surface area contributed by atoms with Crippen molar-refractivity contribution in [2.24, 2.45) is 5.92 Å². The van der Waals surface area contributed by atoms with Crippen molar-refractivity contribution in [3.8, 4) is 0 Å². The lowest BCUT2D eigenvalue weighted by molar-refractivity contribution is 0.644. The number of aromatic nitrogens is 1. The van der Waals surface area contributed by atoms with Gasteiger partial charge in [-0.2, -0.15) is 0 Å². The molecule has 0 amide bonds. The number of rotatable bonds is 3. The van der Waals surface area contributed by atoms with Crippen LogP contribution < -0.4 is 0 Å². The molecular formula is C9H15NS. The molecule has 0 unspecified atom stereocenters. The molecule has 0 atom stereocenters. The van der Waals surface area contributed by atoms with E-state index in [4.69, 9.17) is 0 Å². The maximum absolute atomic E-state index is 4.35. The molecule has 1 nitrogen and oxygen atoms in total. The minimum atomic E-state index is 0.728. The summed E-state index contributed by atoms with van der Waals surface area (Å²) in [4.78, 5) is 5.75. The number of hydrogen-bond acceptors (Lipinski definition) is 2. The monoisotopic (exact) mass is 169 g/mol. The minimum absolute atomic E-state index is 0.728. The number of thiazole rings is 1. The summed E-state index contributed by atoms with van der Waals surface area (Å²) in [6.07, 6.45) is 4.25. The smallest absolute Gasteiger partial charge is 0.0930 e. The Morgan fingerprint density at radius 3 is 2.73 bits per heavy atom. The maximum atomic E-state index is 4.35. The second-order valence-corrected chi connectivity index (χ2v) is 4.37. The van der Waals surface area contributed by atoms with Gasteiger partial charge in [0.05, 0.1) is 5.01 Å². The highest BCUT2D eigenvalue weighted by atomic mass is 32.1. The fourth-order valence-corrected chi connectivity index (χ4v) is 2.03. The maximum Gasteiger partial charge on any atom is 0.0930 e. The van der Waals surface area contributed by atoms with E-state index in [-0.39, 0.29) is 0 Å². The van der Waals surface area contributed by atoms with Crippen LogP contribution in [0.3, 0.4) is 0 Å². The van der Waals surface area contributed by atoms with Gasteiger partial charge in [-0.15, -0.1) is 11.3 Å². The Labute approximate surface area is 72.5 Å². The molecule has 11 heavy (non-hydrogen) atoms. The van der Waals surface area contributed by atoms with E-state index in [2.05, 4.69) is 25.8 Å². The van der Waals surface area contributed by atoms with Crippen LogP contribution in [-0.4, -0.2) is 4.98 Å². The van der Waals surface area contributed by atoms with Crippen molar-refractivity contribution >= 4 is 11.3 Å². The Kier molecular flexibility index (Phi) is 3.06. The summed E-state index contributed by atoms with van der Waals surface area (Å²) in [6, 6.07) is 0. The first-order chi connectivity index (χ1) is 5.22. The Morgan fingerprint density at radius 1 is 1.55 bits per heavy atom. The quantitative estimate of drug-likeness (QED) is 0.678. The first-order valence-electron chi connectivity index (χ1n) is 4.16. The van der Waals surface area contributed by atoms with E-state index in [0.29, 0.717) is 0 Å². The number of nitrogens with zero attached hydrogens (tertiary/aromatic N) is 1. The fourth-order valence-electron chi connectivity index (χ4n) is 0.955. The van der Waals surface area contributed by atoms with E-state index < -0.39 is 0 Å². The largest absolute Gasteiger partial charge is 0.249 e. The highest BCUT2D eigenvalue weighted by Gasteiger charge is 2.02. The molecular weight excluding hydrogens is 154 g/mol. The molecule has 0 spiro atoms. The molecule has 0 N–H and O–H groups in total. The van der Waals surface area contributed by atoms with Crippen LogP contribution in [0.4, 0.5) is 0 Å². The van der Waals surface area contributed by atoms with Gasteiger partial charge in [0.1, 0.15) is 0 Å². The Balaban J connectivity index is 2.58. The molecule has 62 valence electrons. The molecule has 0 aliphatic carbocycles. The lowest BCUT2D eigenvalue weighted by Gasteiger charge is -1.97. The zero-order chi connectivity index (χ0) is 8.27. The molecule has 2 heteroatoms. The Hall–Kier alpha value is -0.370. The normalized spacial score (nSPS) is 10.9. The predicted molar refractivity (Wildman–Crippen MR) is 50.0 cm³/mol. The molecule has 1 heterocycles. The third kappa shape index (κ3) is 2.62. The van der Waals surface area contributed by atoms with Gasteiger partial charge < -0.3 is 0 Å². The van der Waals surface area contributed by atoms with Gasteiger partial charge in [-0.3, -0.25) is 0 Å². The first-order valence-corrected chi connectivity index (χ1v) is 4.97. The van der Waals surface area contributed by atoms with Gasteiger partial charge in [-0.25, -0.2) is 4.98 Å². The third-order valence-corrected chi connectivity index (χ3v) is 2.70. The SMILES string of the molecule is CCc1cnc(CC(C)C)s1. The minimum Gasteiger partial charge on any atom is -0.249 e. The molecule has 0 saturated carbocycles. The van der Waals surface area contributed by atoms with E-state index in [9.17, 15) is 0 Å². The second kappa shape index (κ2) is 3.86. The van der Waals surface area contributed by atoms with Crippen molar-refractivity contribution in [2.45, 2.75) is 33.6 Å². The lowest BCUT2D eigenvalue weighted by atomic mass is 10.1. The van der Waals surface area contributed by atoms with Gasteiger partial charge in [0.25, 0.3) is 0 Å². The summed E-state index contributed by atoms with van der Waals surface area (Å²) in [7, 11) is 0. The van der Waals surface area contributed by atoms with Crippen LogP contribution in [0.2, 0.25) is 0 Å². The van der Waals surface area contributed by atoms with Crippen molar-refractivity contribution < 1.29 is 0 Å². The average molecular weight is 169 g/mol. The highest BCUT2D eigenvalue weighted by molar-refractivity contribution is 7.11. The highest BCUT2D eigenvalue weighted by Crippen LogP contribution is 2.16. The van der Waals surface area contributed by atoms with E-state index in [1.165, 1.54) is 9.88 Å². The third-order valence-electron chi connectivity index (χ3n) is 1.53. The van der Waals surface area contributed by atoms with Crippen LogP contribution in [0, 0.1) is 5.92 Å². The zero-order valence-corrected chi connectivity index (χ0v) is 8.24. The summed E-state index contributed by atoms with van der Waals surface area (Å²) in [5.41, 5.74) is 0. The van der Waals surface area contributed by atoms with Crippen LogP contribution in [0.25, 0.3) is 0 Å². The van der Waals surface area contributed by atoms with Crippen LogP contribution in [-0.2, 0) is 12.8 Å². The zero-order valence-electron chi connectivity index (χ0n) is 7.42. The van der Waals surface area contributed by atoms with Crippen molar-refractivity contribution in [1.29, 1.82) is 0 Å². The molecule has 0 fully saturated rings. The Morgan fingerprint density at radius 2 is 2.27 bits per heavy atom. The van der Waals surface area contributed by atoms with E-state index in [1.807, 2.05) is 17.5 Å². The van der Waals surface area contributed by atoms with Gasteiger partial charge in [-0.1, -0.05) is 20.8 Å². The topological polar surface area (TPSA) is 12.9 Å². The molecule has 0 aliphatic heterocycles. The molecule has 0 bridgehead atoms. The van der Waals surface area contributed by atoms with Gasteiger partial charge in [0, 0.05) is 17.5 Å². The van der Waals surface area contributed by atoms with Crippen LogP contribution in [0.1, 0.15) is 30.7 Å². The van der Waals surface area contributed by atoms with E-state index in [0.717, 1.165) is 18.8 Å². The lowest BCUT2D eigenvalue weighted by Crippen LogP contribution is -1.91. The molecule has 1 rings (SSSR count). The molecule has 0 aromatic carbocycles. The van der Waals surface area contributed by atoms with Crippen LogP contribution >= 0.6 is 11.3 Å². The summed E-state index contributed by atoms with van der Waals surface area (Å²) in [5, 5.41) is 1.29. The van der Waals surface area contributed by atoms with Crippen molar-refractivity contribution in [1.82, 2.24) is 4.98 Å². The van der Waals surface area contributed by atoms with E-state index in [1.54, 1.807) is 0 Å². The van der Waals surface area contributed by atoms with Crippen molar-refractivity contribution in [3.05, 3.63) is 16.1 Å². The fraction of sp³-hybridized carbons (Fsp3) is 0.667. The predicted octanol–water partition coefficient (Wildman–Crippen LogP) is 2.90. The second-order valence-electron chi connectivity index (χ2n) is 3.17. The van der Waals surface area contributed by atoms with Crippen molar-refractivity contribution in [2.75, 3.05) is 0 Å².